The summed E-state index contributed by atoms with van der Waals surface area (Å²) in [7, 11) is 0. The van der Waals surface area contributed by atoms with Gasteiger partial charge in [-0.1, -0.05) is 30.3 Å². The molecule has 0 aliphatic heterocycles. The monoisotopic (exact) mass is 281 g/mol. The van der Waals surface area contributed by atoms with Crippen LogP contribution in [-0.4, -0.2) is 16.7 Å². The third-order valence-corrected chi connectivity index (χ3v) is 3.59. The molecule has 3 aromatic rings. The highest BCUT2D eigenvalue weighted by atomic mass is 16.5. The number of ether oxygens (including phenoxy) is 1. The van der Waals surface area contributed by atoms with Crippen molar-refractivity contribution in [1.82, 2.24) is 4.98 Å². The van der Waals surface area contributed by atoms with Crippen LogP contribution in [0.1, 0.15) is 17.5 Å². The maximum atomic E-state index is 8.97. The van der Waals surface area contributed by atoms with E-state index >= 15 is 0 Å². The molecule has 1 heterocycles. The van der Waals surface area contributed by atoms with Crippen LogP contribution in [0.2, 0.25) is 0 Å². The number of aromatic amines is 1. The Labute approximate surface area is 124 Å². The molecule has 3 rings (SSSR count). The lowest BCUT2D eigenvalue weighted by atomic mass is 10.1. The zero-order valence-corrected chi connectivity index (χ0v) is 11.9. The molecule has 0 saturated carbocycles. The van der Waals surface area contributed by atoms with Crippen molar-refractivity contribution in [3.8, 4) is 5.75 Å². The van der Waals surface area contributed by atoms with Crippen molar-refractivity contribution in [3.05, 3.63) is 65.9 Å². The molecule has 0 spiro atoms. The van der Waals surface area contributed by atoms with Gasteiger partial charge >= 0.3 is 0 Å². The highest BCUT2D eigenvalue weighted by Crippen LogP contribution is 2.25. The molecular weight excluding hydrogens is 262 g/mol. The predicted molar refractivity (Wildman–Crippen MR) is 84.5 cm³/mol. The molecule has 0 saturated heterocycles. The molecule has 0 atom stereocenters. The first-order valence-electron chi connectivity index (χ1n) is 7.24. The van der Waals surface area contributed by atoms with E-state index in [2.05, 4.69) is 23.2 Å². The Kier molecular flexibility index (Phi) is 4.22. The van der Waals surface area contributed by atoms with Gasteiger partial charge in [0, 0.05) is 23.7 Å². The SMILES string of the molecule is OCCCc1c[nH]c2ccc(OCc3ccccc3)cc12. The molecule has 0 aliphatic rings. The number of fused-ring (bicyclic) bond motifs is 1. The number of aromatic nitrogens is 1. The van der Waals surface area contributed by atoms with Crippen LogP contribution in [0.25, 0.3) is 10.9 Å². The van der Waals surface area contributed by atoms with E-state index in [0.29, 0.717) is 6.61 Å². The molecule has 0 aliphatic carbocycles. The van der Waals surface area contributed by atoms with Crippen LogP contribution in [-0.2, 0) is 13.0 Å². The van der Waals surface area contributed by atoms with E-state index in [0.717, 1.165) is 29.7 Å². The second-order valence-corrected chi connectivity index (χ2v) is 5.12. The molecule has 2 aromatic carbocycles. The van der Waals surface area contributed by atoms with Gasteiger partial charge in [0.2, 0.25) is 0 Å². The van der Waals surface area contributed by atoms with Gasteiger partial charge in [-0.05, 0) is 42.2 Å². The quantitative estimate of drug-likeness (QED) is 0.724. The Balaban J connectivity index is 1.76. The van der Waals surface area contributed by atoms with Gasteiger partial charge in [0.1, 0.15) is 12.4 Å². The summed E-state index contributed by atoms with van der Waals surface area (Å²) in [6.45, 7) is 0.791. The van der Waals surface area contributed by atoms with Crippen LogP contribution in [0.3, 0.4) is 0 Å². The molecule has 3 heteroatoms. The van der Waals surface area contributed by atoms with E-state index in [9.17, 15) is 0 Å². The molecule has 0 bridgehead atoms. The van der Waals surface area contributed by atoms with Crippen molar-refractivity contribution in [1.29, 1.82) is 0 Å². The summed E-state index contributed by atoms with van der Waals surface area (Å²) in [5.74, 6) is 0.871. The van der Waals surface area contributed by atoms with Gasteiger partial charge in [-0.15, -0.1) is 0 Å². The molecule has 1 aromatic heterocycles. The van der Waals surface area contributed by atoms with Crippen LogP contribution in [0.15, 0.2) is 54.7 Å². The fourth-order valence-electron chi connectivity index (χ4n) is 2.46. The fourth-order valence-corrected chi connectivity index (χ4v) is 2.46. The highest BCUT2D eigenvalue weighted by molar-refractivity contribution is 5.84. The van der Waals surface area contributed by atoms with Crippen LogP contribution >= 0.6 is 0 Å². The predicted octanol–water partition coefficient (Wildman–Crippen LogP) is 3.67. The second kappa shape index (κ2) is 6.46. The summed E-state index contributed by atoms with van der Waals surface area (Å²) in [6.07, 6.45) is 3.67. The smallest absolute Gasteiger partial charge is 0.120 e. The first kappa shape index (κ1) is 13.7. The third kappa shape index (κ3) is 3.26. The van der Waals surface area contributed by atoms with Gasteiger partial charge in [-0.2, -0.15) is 0 Å². The summed E-state index contributed by atoms with van der Waals surface area (Å²) in [5, 5.41) is 10.1. The average molecular weight is 281 g/mol. The minimum atomic E-state index is 0.219. The Morgan fingerprint density at radius 2 is 1.90 bits per heavy atom. The average Bonchev–Trinajstić information content (AvgIpc) is 2.94. The molecule has 108 valence electrons. The highest BCUT2D eigenvalue weighted by Gasteiger charge is 2.05. The van der Waals surface area contributed by atoms with Crippen molar-refractivity contribution in [2.45, 2.75) is 19.4 Å². The van der Waals surface area contributed by atoms with Gasteiger partial charge < -0.3 is 14.8 Å². The summed E-state index contributed by atoms with van der Waals surface area (Å²) in [6, 6.07) is 16.2. The van der Waals surface area contributed by atoms with Gasteiger partial charge in [-0.25, -0.2) is 0 Å². The van der Waals surface area contributed by atoms with Gasteiger partial charge in [0.05, 0.1) is 0 Å². The summed E-state index contributed by atoms with van der Waals surface area (Å²) in [5.41, 5.74) is 3.49. The number of nitrogens with one attached hydrogen (secondary N) is 1. The number of aliphatic hydroxyl groups excluding tert-OH is 1. The maximum absolute atomic E-state index is 8.97. The second-order valence-electron chi connectivity index (χ2n) is 5.12. The molecular formula is C18H19NO2. The minimum Gasteiger partial charge on any atom is -0.489 e. The molecule has 2 N–H and O–H groups in total. The van der Waals surface area contributed by atoms with Crippen LogP contribution in [0.5, 0.6) is 5.75 Å². The zero-order valence-electron chi connectivity index (χ0n) is 11.9. The van der Waals surface area contributed by atoms with Crippen LogP contribution in [0.4, 0.5) is 0 Å². The molecule has 0 amide bonds. The van der Waals surface area contributed by atoms with Crippen molar-refractivity contribution in [3.63, 3.8) is 0 Å². The number of aliphatic hydroxyl groups is 1. The van der Waals surface area contributed by atoms with Crippen LogP contribution in [0, 0.1) is 0 Å². The standard InChI is InChI=1S/C18H19NO2/c20-10-4-7-15-12-19-18-9-8-16(11-17(15)18)21-13-14-5-2-1-3-6-14/h1-3,5-6,8-9,11-12,19-20H,4,7,10,13H2. The number of H-pyrrole nitrogens is 1. The number of benzene rings is 2. The topological polar surface area (TPSA) is 45.2 Å². The molecule has 0 unspecified atom stereocenters. The summed E-state index contributed by atoms with van der Waals surface area (Å²) in [4.78, 5) is 3.26. The largest absolute Gasteiger partial charge is 0.489 e. The third-order valence-electron chi connectivity index (χ3n) is 3.59. The van der Waals surface area contributed by atoms with Crippen molar-refractivity contribution in [2.75, 3.05) is 6.61 Å². The van der Waals surface area contributed by atoms with Crippen molar-refractivity contribution in [2.24, 2.45) is 0 Å². The van der Waals surface area contributed by atoms with E-state index in [1.54, 1.807) is 0 Å². The van der Waals surface area contributed by atoms with Gasteiger partial charge in [0.25, 0.3) is 0 Å². The Morgan fingerprint density at radius 1 is 1.05 bits per heavy atom. The molecule has 0 radical (unpaired) electrons. The lowest BCUT2D eigenvalue weighted by molar-refractivity contribution is 0.289. The Bertz CT molecular complexity index is 704. The summed E-state index contributed by atoms with van der Waals surface area (Å²) >= 11 is 0. The van der Waals surface area contributed by atoms with Crippen molar-refractivity contribution >= 4 is 10.9 Å². The van der Waals surface area contributed by atoms with E-state index in [4.69, 9.17) is 9.84 Å². The first-order valence-corrected chi connectivity index (χ1v) is 7.24. The maximum Gasteiger partial charge on any atom is 0.120 e. The first-order chi connectivity index (χ1) is 10.4. The number of aryl methyl sites for hydroxylation is 1. The Morgan fingerprint density at radius 3 is 2.71 bits per heavy atom. The van der Waals surface area contributed by atoms with E-state index in [1.165, 1.54) is 10.9 Å². The number of hydrogen-bond donors (Lipinski definition) is 2. The molecule has 3 nitrogen and oxygen atoms in total. The minimum absolute atomic E-state index is 0.219. The van der Waals surface area contributed by atoms with Gasteiger partial charge in [-0.3, -0.25) is 0 Å². The lowest BCUT2D eigenvalue weighted by Gasteiger charge is -2.07. The molecule has 21 heavy (non-hydrogen) atoms. The van der Waals surface area contributed by atoms with E-state index in [1.807, 2.05) is 36.5 Å². The van der Waals surface area contributed by atoms with Gasteiger partial charge in [0.15, 0.2) is 0 Å². The van der Waals surface area contributed by atoms with Crippen LogP contribution < -0.4 is 4.74 Å². The van der Waals surface area contributed by atoms with Crippen molar-refractivity contribution < 1.29 is 9.84 Å². The lowest BCUT2D eigenvalue weighted by Crippen LogP contribution is -1.95. The fraction of sp³-hybridized carbons (Fsp3) is 0.222. The Hall–Kier alpha value is -2.26. The van der Waals surface area contributed by atoms with E-state index in [-0.39, 0.29) is 6.61 Å². The molecule has 0 fully saturated rings. The zero-order chi connectivity index (χ0) is 14.5. The number of rotatable bonds is 6. The van der Waals surface area contributed by atoms with E-state index < -0.39 is 0 Å². The number of hydrogen-bond acceptors (Lipinski definition) is 2. The normalized spacial score (nSPS) is 10.9. The summed E-state index contributed by atoms with van der Waals surface area (Å²) < 4.78 is 5.87.